The molecule has 1 aromatic carbocycles. The molecule has 1 aliphatic heterocycles. The lowest BCUT2D eigenvalue weighted by Gasteiger charge is -2.29. The average Bonchev–Trinajstić information content (AvgIpc) is 3.32. The Hall–Kier alpha value is -2.38. The number of hydrogen-bond donors (Lipinski definition) is 3. The van der Waals surface area contributed by atoms with Crippen LogP contribution in [0.25, 0.3) is 11.0 Å². The fraction of sp³-hybridized carbons (Fsp3) is 0.333. The van der Waals surface area contributed by atoms with E-state index < -0.39 is 0 Å². The van der Waals surface area contributed by atoms with Crippen molar-refractivity contribution in [3.63, 3.8) is 0 Å². The van der Waals surface area contributed by atoms with Crippen molar-refractivity contribution in [1.82, 2.24) is 14.9 Å². The summed E-state index contributed by atoms with van der Waals surface area (Å²) in [6.45, 7) is 2.88. The lowest BCUT2D eigenvalue weighted by atomic mass is 10.1. The van der Waals surface area contributed by atoms with Crippen LogP contribution in [0.1, 0.15) is 31.4 Å². The number of thiophene rings is 1. The Kier molecular flexibility index (Phi) is 4.19. The second-order valence-corrected chi connectivity index (χ2v) is 7.24. The summed E-state index contributed by atoms with van der Waals surface area (Å²) in [5, 5.41) is 7.23. The van der Waals surface area contributed by atoms with Gasteiger partial charge in [0.25, 0.3) is 0 Å². The molecule has 7 heteroatoms. The van der Waals surface area contributed by atoms with Crippen LogP contribution >= 0.6 is 11.3 Å². The summed E-state index contributed by atoms with van der Waals surface area (Å²) in [6.07, 6.45) is 2.19. The molecule has 0 aliphatic carbocycles. The van der Waals surface area contributed by atoms with Crippen molar-refractivity contribution in [2.75, 3.05) is 11.9 Å². The number of hydrogen-bond acceptors (Lipinski definition) is 4. The summed E-state index contributed by atoms with van der Waals surface area (Å²) in [7, 11) is 0. The maximum atomic E-state index is 12.7. The maximum Gasteiger partial charge on any atom is 0.323 e. The van der Waals surface area contributed by atoms with E-state index in [9.17, 15) is 9.59 Å². The molecule has 1 fully saturated rings. The number of likely N-dealkylation sites (tertiary alicyclic amines) is 1. The third kappa shape index (κ3) is 3.12. The van der Waals surface area contributed by atoms with Crippen LogP contribution in [0.5, 0.6) is 0 Å². The third-order valence-corrected chi connectivity index (χ3v) is 5.58. The molecule has 2 aromatic heterocycles. The molecule has 6 nitrogen and oxygen atoms in total. The van der Waals surface area contributed by atoms with Gasteiger partial charge in [-0.15, -0.1) is 0 Å². The van der Waals surface area contributed by atoms with E-state index >= 15 is 0 Å². The zero-order valence-corrected chi connectivity index (χ0v) is 14.7. The van der Waals surface area contributed by atoms with Crippen LogP contribution in [0.4, 0.5) is 5.69 Å². The number of carbonyl (C=O) groups excluding carboxylic acids is 1. The van der Waals surface area contributed by atoms with Crippen LogP contribution in [0, 0.1) is 0 Å². The molecule has 2 atom stereocenters. The van der Waals surface area contributed by atoms with E-state index in [0.29, 0.717) is 17.2 Å². The van der Waals surface area contributed by atoms with Gasteiger partial charge < -0.3 is 15.3 Å². The minimum absolute atomic E-state index is 0.0284. The molecule has 1 saturated heterocycles. The van der Waals surface area contributed by atoms with Crippen molar-refractivity contribution in [1.29, 1.82) is 0 Å². The number of nitrogens with one attached hydrogen (secondary N) is 3. The Morgan fingerprint density at radius 2 is 2.16 bits per heavy atom. The molecule has 25 heavy (non-hydrogen) atoms. The predicted octanol–water partition coefficient (Wildman–Crippen LogP) is 3.08. The first-order valence-electron chi connectivity index (χ1n) is 8.42. The van der Waals surface area contributed by atoms with Crippen LogP contribution in [-0.4, -0.2) is 33.4 Å². The van der Waals surface area contributed by atoms with Gasteiger partial charge in [-0.2, -0.15) is 11.3 Å². The van der Waals surface area contributed by atoms with Gasteiger partial charge in [0.1, 0.15) is 0 Å². The molecule has 1 aliphatic rings. The Morgan fingerprint density at radius 1 is 1.32 bits per heavy atom. The number of H-pyrrole nitrogens is 2. The molecule has 4 rings (SSSR count). The second kappa shape index (κ2) is 6.50. The van der Waals surface area contributed by atoms with Gasteiger partial charge in [0, 0.05) is 11.7 Å². The van der Waals surface area contributed by atoms with Crippen molar-refractivity contribution in [2.24, 2.45) is 0 Å². The minimum atomic E-state index is -0.248. The van der Waals surface area contributed by atoms with Gasteiger partial charge in [0.05, 0.1) is 17.1 Å². The number of anilines is 1. The molecule has 0 spiro atoms. The van der Waals surface area contributed by atoms with Crippen molar-refractivity contribution in [2.45, 2.75) is 31.8 Å². The van der Waals surface area contributed by atoms with Crippen molar-refractivity contribution in [3.05, 3.63) is 51.1 Å². The maximum absolute atomic E-state index is 12.7. The Balaban J connectivity index is 1.50. The highest BCUT2D eigenvalue weighted by Gasteiger charge is 2.33. The van der Waals surface area contributed by atoms with E-state index in [1.807, 2.05) is 6.92 Å². The number of amides is 1. The number of fused-ring (bicyclic) bond motifs is 1. The molecular formula is C18H20N4O2S. The predicted molar refractivity (Wildman–Crippen MR) is 100 cm³/mol. The lowest BCUT2D eigenvalue weighted by molar-refractivity contribution is -0.121. The SMILES string of the molecule is C[C@@H](C(=O)Nc1ccc2[nH]c(=O)[nH]c2c1)N1CCC[C@@H]1c1ccsc1. The fourth-order valence-corrected chi connectivity index (χ4v) is 4.29. The molecule has 0 saturated carbocycles. The summed E-state index contributed by atoms with van der Waals surface area (Å²) < 4.78 is 0. The minimum Gasteiger partial charge on any atom is -0.325 e. The Morgan fingerprint density at radius 3 is 2.96 bits per heavy atom. The largest absolute Gasteiger partial charge is 0.325 e. The number of imidazole rings is 1. The van der Waals surface area contributed by atoms with Crippen molar-refractivity contribution >= 4 is 34.0 Å². The number of rotatable bonds is 4. The van der Waals surface area contributed by atoms with Crippen LogP contribution in [0.15, 0.2) is 39.8 Å². The first kappa shape index (κ1) is 16.1. The van der Waals surface area contributed by atoms with E-state index in [-0.39, 0.29) is 17.6 Å². The van der Waals surface area contributed by atoms with Gasteiger partial charge >= 0.3 is 5.69 Å². The zero-order chi connectivity index (χ0) is 17.4. The first-order chi connectivity index (χ1) is 12.1. The smallest absolute Gasteiger partial charge is 0.323 e. The highest BCUT2D eigenvalue weighted by Crippen LogP contribution is 2.34. The fourth-order valence-electron chi connectivity index (χ4n) is 3.58. The summed E-state index contributed by atoms with van der Waals surface area (Å²) >= 11 is 1.70. The second-order valence-electron chi connectivity index (χ2n) is 6.46. The normalized spacial score (nSPS) is 19.3. The highest BCUT2D eigenvalue weighted by molar-refractivity contribution is 7.07. The van der Waals surface area contributed by atoms with Crippen LogP contribution < -0.4 is 11.0 Å². The van der Waals surface area contributed by atoms with Gasteiger partial charge in [-0.25, -0.2) is 4.79 Å². The van der Waals surface area contributed by atoms with Crippen LogP contribution in [-0.2, 0) is 4.79 Å². The Bertz CT molecular complexity index is 944. The molecule has 0 bridgehead atoms. The van der Waals surface area contributed by atoms with Gasteiger partial charge in [0.15, 0.2) is 0 Å². The zero-order valence-electron chi connectivity index (χ0n) is 13.9. The molecule has 0 unspecified atom stereocenters. The summed E-state index contributed by atoms with van der Waals surface area (Å²) in [5.41, 5.74) is 3.16. The standard InChI is InChI=1S/C18H20N4O2S/c1-11(22-7-2-3-16(22)12-6-8-25-10-12)17(23)19-13-4-5-14-15(9-13)21-18(24)20-14/h4-6,8-11,16H,2-3,7H2,1H3,(H,19,23)(H2,20,21,24)/t11-,16+/m0/s1. The van der Waals surface area contributed by atoms with Crippen molar-refractivity contribution in [3.8, 4) is 0 Å². The number of nitrogens with zero attached hydrogens (tertiary/aromatic N) is 1. The van der Waals surface area contributed by atoms with E-state index in [1.54, 1.807) is 29.5 Å². The van der Waals surface area contributed by atoms with Gasteiger partial charge in [-0.3, -0.25) is 9.69 Å². The summed E-state index contributed by atoms with van der Waals surface area (Å²) in [5.74, 6) is -0.0284. The molecule has 130 valence electrons. The van der Waals surface area contributed by atoms with E-state index in [2.05, 4.69) is 37.0 Å². The topological polar surface area (TPSA) is 81.0 Å². The van der Waals surface area contributed by atoms with Crippen LogP contribution in [0.2, 0.25) is 0 Å². The molecular weight excluding hydrogens is 336 g/mol. The molecule has 3 N–H and O–H groups in total. The first-order valence-corrected chi connectivity index (χ1v) is 9.37. The van der Waals surface area contributed by atoms with E-state index in [0.717, 1.165) is 24.9 Å². The average molecular weight is 356 g/mol. The van der Waals surface area contributed by atoms with E-state index in [4.69, 9.17) is 0 Å². The molecule has 0 radical (unpaired) electrons. The van der Waals surface area contributed by atoms with Gasteiger partial charge in [0.2, 0.25) is 5.91 Å². The van der Waals surface area contributed by atoms with Crippen molar-refractivity contribution < 1.29 is 4.79 Å². The quantitative estimate of drug-likeness (QED) is 0.672. The Labute approximate surface area is 148 Å². The number of carbonyl (C=O) groups is 1. The third-order valence-electron chi connectivity index (χ3n) is 4.88. The highest BCUT2D eigenvalue weighted by atomic mass is 32.1. The van der Waals surface area contributed by atoms with Crippen LogP contribution in [0.3, 0.4) is 0 Å². The summed E-state index contributed by atoms with van der Waals surface area (Å²) in [6, 6.07) is 7.62. The number of aromatic nitrogens is 2. The number of aromatic amines is 2. The lowest BCUT2D eigenvalue weighted by Crippen LogP contribution is -2.41. The molecule has 1 amide bonds. The number of benzene rings is 1. The van der Waals surface area contributed by atoms with Gasteiger partial charge in [-0.05, 0) is 66.9 Å². The van der Waals surface area contributed by atoms with Gasteiger partial charge in [-0.1, -0.05) is 0 Å². The van der Waals surface area contributed by atoms with E-state index in [1.165, 1.54) is 5.56 Å². The molecule has 3 aromatic rings. The molecule has 3 heterocycles. The summed E-state index contributed by atoms with van der Waals surface area (Å²) in [4.78, 5) is 31.8. The monoisotopic (exact) mass is 356 g/mol.